The van der Waals surface area contributed by atoms with E-state index in [1.807, 2.05) is 0 Å². The van der Waals surface area contributed by atoms with Crippen molar-refractivity contribution in [2.24, 2.45) is 5.92 Å². The third-order valence-corrected chi connectivity index (χ3v) is 1.92. The van der Waals surface area contributed by atoms with E-state index in [1.54, 1.807) is 4.90 Å². The summed E-state index contributed by atoms with van der Waals surface area (Å²) in [6.45, 7) is 5.89. The molecule has 0 radical (unpaired) electrons. The van der Waals surface area contributed by atoms with Crippen molar-refractivity contribution in [2.45, 2.75) is 26.7 Å². The van der Waals surface area contributed by atoms with Crippen molar-refractivity contribution in [3.63, 3.8) is 0 Å². The van der Waals surface area contributed by atoms with Crippen LogP contribution in [0, 0.1) is 5.92 Å². The number of nitrogens with zero attached hydrogens (tertiary/aromatic N) is 1. The summed E-state index contributed by atoms with van der Waals surface area (Å²) in [7, 11) is 0. The lowest BCUT2D eigenvalue weighted by molar-refractivity contribution is -0.118. The van der Waals surface area contributed by atoms with Crippen molar-refractivity contribution < 1.29 is 4.79 Å². The summed E-state index contributed by atoms with van der Waals surface area (Å²) < 4.78 is 0. The molecule has 0 saturated carbocycles. The third kappa shape index (κ3) is 6.47. The lowest BCUT2D eigenvalue weighted by atomic mass is 10.1. The van der Waals surface area contributed by atoms with Crippen LogP contribution < -0.4 is 0 Å². The van der Waals surface area contributed by atoms with Gasteiger partial charge in [0.2, 0.25) is 6.41 Å². The SMILES string of the molecule is CC(C)CCCN(C=O)CCCl. The predicted molar refractivity (Wildman–Crippen MR) is 52.4 cm³/mol. The van der Waals surface area contributed by atoms with Crippen molar-refractivity contribution in [2.75, 3.05) is 19.0 Å². The number of alkyl halides is 1. The summed E-state index contributed by atoms with van der Waals surface area (Å²) in [5.41, 5.74) is 0. The van der Waals surface area contributed by atoms with Gasteiger partial charge in [0.15, 0.2) is 0 Å². The number of carbonyl (C=O) groups is 1. The maximum absolute atomic E-state index is 10.4. The molecule has 0 heterocycles. The van der Waals surface area contributed by atoms with Gasteiger partial charge in [-0.25, -0.2) is 0 Å². The van der Waals surface area contributed by atoms with Crippen LogP contribution in [0.5, 0.6) is 0 Å². The van der Waals surface area contributed by atoms with Crippen LogP contribution in [-0.2, 0) is 4.79 Å². The average molecular weight is 192 g/mol. The van der Waals surface area contributed by atoms with Gasteiger partial charge < -0.3 is 4.90 Å². The molecule has 12 heavy (non-hydrogen) atoms. The molecule has 0 spiro atoms. The lowest BCUT2D eigenvalue weighted by Gasteiger charge is -2.15. The van der Waals surface area contributed by atoms with Crippen molar-refractivity contribution >= 4 is 18.0 Å². The van der Waals surface area contributed by atoms with Gasteiger partial charge >= 0.3 is 0 Å². The first-order valence-electron chi connectivity index (χ1n) is 4.46. The first-order valence-corrected chi connectivity index (χ1v) is 4.99. The normalized spacial score (nSPS) is 10.3. The maximum Gasteiger partial charge on any atom is 0.209 e. The van der Waals surface area contributed by atoms with Crippen molar-refractivity contribution in [3.05, 3.63) is 0 Å². The van der Waals surface area contributed by atoms with E-state index >= 15 is 0 Å². The molecule has 0 N–H and O–H groups in total. The Kier molecular flexibility index (Phi) is 7.26. The summed E-state index contributed by atoms with van der Waals surface area (Å²) in [6.07, 6.45) is 3.13. The van der Waals surface area contributed by atoms with Crippen LogP contribution in [0.1, 0.15) is 26.7 Å². The highest BCUT2D eigenvalue weighted by atomic mass is 35.5. The molecule has 72 valence electrons. The zero-order valence-corrected chi connectivity index (χ0v) is 8.68. The van der Waals surface area contributed by atoms with Gasteiger partial charge in [0.05, 0.1) is 0 Å². The van der Waals surface area contributed by atoms with Crippen LogP contribution in [0.2, 0.25) is 0 Å². The predicted octanol–water partition coefficient (Wildman–Crippen LogP) is 2.12. The first kappa shape index (κ1) is 11.8. The summed E-state index contributed by atoms with van der Waals surface area (Å²) in [6, 6.07) is 0. The largest absolute Gasteiger partial charge is 0.344 e. The molecule has 0 saturated heterocycles. The Labute approximate surface area is 79.9 Å². The van der Waals surface area contributed by atoms with Gasteiger partial charge in [-0.15, -0.1) is 11.6 Å². The smallest absolute Gasteiger partial charge is 0.209 e. The summed E-state index contributed by atoms with van der Waals surface area (Å²) >= 11 is 5.52. The fourth-order valence-corrected chi connectivity index (χ4v) is 1.25. The summed E-state index contributed by atoms with van der Waals surface area (Å²) in [5.74, 6) is 1.25. The Hall–Kier alpha value is -0.240. The van der Waals surface area contributed by atoms with E-state index in [-0.39, 0.29) is 0 Å². The van der Waals surface area contributed by atoms with E-state index < -0.39 is 0 Å². The van der Waals surface area contributed by atoms with Crippen LogP contribution in [0.25, 0.3) is 0 Å². The monoisotopic (exact) mass is 191 g/mol. The zero-order valence-electron chi connectivity index (χ0n) is 7.92. The number of rotatable bonds is 7. The number of hydrogen-bond acceptors (Lipinski definition) is 1. The van der Waals surface area contributed by atoms with E-state index in [1.165, 1.54) is 6.42 Å². The van der Waals surface area contributed by atoms with Gasteiger partial charge in [-0.2, -0.15) is 0 Å². The lowest BCUT2D eigenvalue weighted by Crippen LogP contribution is -2.25. The summed E-state index contributed by atoms with van der Waals surface area (Å²) in [5, 5.41) is 0. The highest BCUT2D eigenvalue weighted by Gasteiger charge is 2.00. The molecular formula is C9H18ClNO. The van der Waals surface area contributed by atoms with E-state index in [0.717, 1.165) is 25.3 Å². The molecule has 0 fully saturated rings. The molecule has 0 atom stereocenters. The molecule has 3 heteroatoms. The standard InChI is InChI=1S/C9H18ClNO/c1-9(2)4-3-6-11(8-12)7-5-10/h8-9H,3-7H2,1-2H3. The Balaban J connectivity index is 3.37. The topological polar surface area (TPSA) is 20.3 Å². The molecule has 0 aliphatic heterocycles. The minimum absolute atomic E-state index is 0.528. The van der Waals surface area contributed by atoms with Crippen molar-refractivity contribution in [3.8, 4) is 0 Å². The Morgan fingerprint density at radius 3 is 2.50 bits per heavy atom. The Bertz CT molecular complexity index is 117. The second kappa shape index (κ2) is 7.41. The second-order valence-electron chi connectivity index (χ2n) is 3.37. The summed E-state index contributed by atoms with van der Waals surface area (Å²) in [4.78, 5) is 12.2. The quantitative estimate of drug-likeness (QED) is 0.446. The molecule has 0 aromatic rings. The molecule has 0 rings (SSSR count). The Morgan fingerprint density at radius 2 is 2.08 bits per heavy atom. The second-order valence-corrected chi connectivity index (χ2v) is 3.74. The number of amides is 1. The molecule has 1 amide bonds. The van der Waals surface area contributed by atoms with E-state index in [4.69, 9.17) is 11.6 Å². The minimum Gasteiger partial charge on any atom is -0.344 e. The molecule has 2 nitrogen and oxygen atoms in total. The molecular weight excluding hydrogens is 174 g/mol. The number of halogens is 1. The van der Waals surface area contributed by atoms with Gasteiger partial charge in [0, 0.05) is 19.0 Å². The fourth-order valence-electron chi connectivity index (χ4n) is 1.03. The van der Waals surface area contributed by atoms with Crippen LogP contribution >= 0.6 is 11.6 Å². The van der Waals surface area contributed by atoms with Gasteiger partial charge in [0.25, 0.3) is 0 Å². The minimum atomic E-state index is 0.528. The molecule has 0 aromatic heterocycles. The van der Waals surface area contributed by atoms with Crippen LogP contribution in [-0.4, -0.2) is 30.3 Å². The van der Waals surface area contributed by atoms with Crippen LogP contribution in [0.3, 0.4) is 0 Å². The van der Waals surface area contributed by atoms with Crippen LogP contribution in [0.15, 0.2) is 0 Å². The van der Waals surface area contributed by atoms with Crippen molar-refractivity contribution in [1.29, 1.82) is 0 Å². The van der Waals surface area contributed by atoms with E-state index in [2.05, 4.69) is 13.8 Å². The Morgan fingerprint density at radius 1 is 1.42 bits per heavy atom. The van der Waals surface area contributed by atoms with E-state index in [0.29, 0.717) is 12.4 Å². The molecule has 0 aliphatic rings. The highest BCUT2D eigenvalue weighted by molar-refractivity contribution is 6.18. The van der Waals surface area contributed by atoms with Gasteiger partial charge in [-0.3, -0.25) is 4.79 Å². The van der Waals surface area contributed by atoms with Crippen LogP contribution in [0.4, 0.5) is 0 Å². The van der Waals surface area contributed by atoms with Gasteiger partial charge in [0.1, 0.15) is 0 Å². The number of hydrogen-bond donors (Lipinski definition) is 0. The van der Waals surface area contributed by atoms with Gasteiger partial charge in [-0.05, 0) is 18.8 Å². The third-order valence-electron chi connectivity index (χ3n) is 1.75. The van der Waals surface area contributed by atoms with Crippen molar-refractivity contribution in [1.82, 2.24) is 4.90 Å². The highest BCUT2D eigenvalue weighted by Crippen LogP contribution is 2.03. The number of carbonyl (C=O) groups excluding carboxylic acids is 1. The van der Waals surface area contributed by atoms with E-state index in [9.17, 15) is 4.79 Å². The fraction of sp³-hybridized carbons (Fsp3) is 0.889. The molecule has 0 aliphatic carbocycles. The molecule has 0 unspecified atom stereocenters. The maximum atomic E-state index is 10.4. The average Bonchev–Trinajstić information content (AvgIpc) is 2.02. The molecule has 0 aromatic carbocycles. The van der Waals surface area contributed by atoms with Gasteiger partial charge in [-0.1, -0.05) is 13.8 Å². The first-order chi connectivity index (χ1) is 5.70. The molecule has 0 bridgehead atoms. The zero-order chi connectivity index (χ0) is 9.40.